The lowest BCUT2D eigenvalue weighted by atomic mass is 9.96. The molecule has 5 nitrogen and oxygen atoms in total. The molecule has 0 heterocycles. The standard InChI is InChI=1S/C13H24N2O3/c1-4-7-13(2,12(17)18-3)15-11(16)9-14-8-10-5-6-10/h10,14H,4-9H2,1-3H3,(H,15,16). The lowest BCUT2D eigenvalue weighted by Gasteiger charge is -2.27. The lowest BCUT2D eigenvalue weighted by molar-refractivity contribution is -0.150. The molecule has 0 radical (unpaired) electrons. The monoisotopic (exact) mass is 256 g/mol. The highest BCUT2D eigenvalue weighted by Crippen LogP contribution is 2.27. The van der Waals surface area contributed by atoms with Crippen LogP contribution in [-0.2, 0) is 14.3 Å². The van der Waals surface area contributed by atoms with Crippen LogP contribution in [0.5, 0.6) is 0 Å². The minimum atomic E-state index is -0.915. The summed E-state index contributed by atoms with van der Waals surface area (Å²) in [6, 6.07) is 0. The largest absolute Gasteiger partial charge is 0.467 e. The zero-order valence-electron chi connectivity index (χ0n) is 11.5. The zero-order chi connectivity index (χ0) is 13.6. The molecule has 0 aromatic heterocycles. The predicted molar refractivity (Wildman–Crippen MR) is 69.1 cm³/mol. The SMILES string of the molecule is CCCC(C)(NC(=O)CNCC1CC1)C(=O)OC. The summed E-state index contributed by atoms with van der Waals surface area (Å²) in [5.41, 5.74) is -0.915. The van der Waals surface area contributed by atoms with Gasteiger partial charge >= 0.3 is 5.97 Å². The molecule has 2 N–H and O–H groups in total. The van der Waals surface area contributed by atoms with Crippen LogP contribution in [0.25, 0.3) is 0 Å². The van der Waals surface area contributed by atoms with Crippen molar-refractivity contribution in [2.45, 2.75) is 45.1 Å². The first kappa shape index (κ1) is 15.0. The van der Waals surface area contributed by atoms with Gasteiger partial charge in [-0.15, -0.1) is 0 Å². The van der Waals surface area contributed by atoms with Gasteiger partial charge in [0.2, 0.25) is 5.91 Å². The number of rotatable bonds is 8. The number of carbonyl (C=O) groups is 2. The second kappa shape index (κ2) is 6.73. The molecule has 0 saturated heterocycles. The molecule has 1 saturated carbocycles. The second-order valence-electron chi connectivity index (χ2n) is 5.20. The Kier molecular flexibility index (Phi) is 5.59. The van der Waals surface area contributed by atoms with Crippen molar-refractivity contribution < 1.29 is 14.3 Å². The van der Waals surface area contributed by atoms with E-state index in [9.17, 15) is 9.59 Å². The van der Waals surface area contributed by atoms with Gasteiger partial charge in [0.1, 0.15) is 5.54 Å². The molecule has 0 bridgehead atoms. The molecule has 1 aliphatic carbocycles. The second-order valence-corrected chi connectivity index (χ2v) is 5.20. The van der Waals surface area contributed by atoms with Gasteiger partial charge in [0, 0.05) is 0 Å². The first-order chi connectivity index (χ1) is 8.51. The van der Waals surface area contributed by atoms with Gasteiger partial charge in [0.15, 0.2) is 0 Å². The van der Waals surface area contributed by atoms with Crippen LogP contribution in [0.4, 0.5) is 0 Å². The maximum atomic E-state index is 11.8. The number of amides is 1. The van der Waals surface area contributed by atoms with Gasteiger partial charge in [0.05, 0.1) is 13.7 Å². The van der Waals surface area contributed by atoms with Crippen molar-refractivity contribution in [2.75, 3.05) is 20.2 Å². The van der Waals surface area contributed by atoms with Crippen LogP contribution in [0.1, 0.15) is 39.5 Å². The fourth-order valence-electron chi connectivity index (χ4n) is 2.00. The number of hydrogen-bond donors (Lipinski definition) is 2. The minimum Gasteiger partial charge on any atom is -0.467 e. The van der Waals surface area contributed by atoms with Crippen LogP contribution in [0, 0.1) is 5.92 Å². The van der Waals surface area contributed by atoms with E-state index >= 15 is 0 Å². The van der Waals surface area contributed by atoms with Crippen molar-refractivity contribution in [3.63, 3.8) is 0 Å². The Bertz CT molecular complexity index is 303. The van der Waals surface area contributed by atoms with E-state index < -0.39 is 5.54 Å². The van der Waals surface area contributed by atoms with E-state index in [0.29, 0.717) is 6.42 Å². The Morgan fingerprint density at radius 1 is 1.39 bits per heavy atom. The van der Waals surface area contributed by atoms with Crippen molar-refractivity contribution in [1.29, 1.82) is 0 Å². The topological polar surface area (TPSA) is 67.4 Å². The molecule has 5 heteroatoms. The van der Waals surface area contributed by atoms with Crippen LogP contribution < -0.4 is 10.6 Å². The molecular weight excluding hydrogens is 232 g/mol. The number of nitrogens with one attached hydrogen (secondary N) is 2. The molecule has 104 valence electrons. The van der Waals surface area contributed by atoms with Crippen molar-refractivity contribution in [3.8, 4) is 0 Å². The summed E-state index contributed by atoms with van der Waals surface area (Å²) < 4.78 is 4.75. The van der Waals surface area contributed by atoms with E-state index in [2.05, 4.69) is 10.6 Å². The molecule has 0 aromatic rings. The Morgan fingerprint density at radius 2 is 2.06 bits per heavy atom. The number of esters is 1. The van der Waals surface area contributed by atoms with Crippen molar-refractivity contribution in [2.24, 2.45) is 5.92 Å². The Hall–Kier alpha value is -1.10. The summed E-state index contributed by atoms with van der Waals surface area (Å²) >= 11 is 0. The predicted octanol–water partition coefficient (Wildman–Crippen LogP) is 0.834. The molecule has 1 aliphatic rings. The molecule has 18 heavy (non-hydrogen) atoms. The van der Waals surface area contributed by atoms with Gasteiger partial charge in [0.25, 0.3) is 0 Å². The number of ether oxygens (including phenoxy) is 1. The van der Waals surface area contributed by atoms with E-state index in [-0.39, 0.29) is 18.4 Å². The van der Waals surface area contributed by atoms with Crippen LogP contribution in [0.3, 0.4) is 0 Å². The summed E-state index contributed by atoms with van der Waals surface area (Å²) in [4.78, 5) is 23.5. The molecule has 1 unspecified atom stereocenters. The fraction of sp³-hybridized carbons (Fsp3) is 0.846. The highest BCUT2D eigenvalue weighted by molar-refractivity contribution is 5.88. The molecule has 0 aliphatic heterocycles. The van der Waals surface area contributed by atoms with Crippen molar-refractivity contribution in [1.82, 2.24) is 10.6 Å². The third-order valence-electron chi connectivity index (χ3n) is 3.22. The van der Waals surface area contributed by atoms with Crippen LogP contribution >= 0.6 is 0 Å². The van der Waals surface area contributed by atoms with Gasteiger partial charge in [-0.2, -0.15) is 0 Å². The van der Waals surface area contributed by atoms with E-state index in [4.69, 9.17) is 4.74 Å². The third kappa shape index (κ3) is 4.64. The first-order valence-corrected chi connectivity index (χ1v) is 6.62. The summed E-state index contributed by atoms with van der Waals surface area (Å²) in [7, 11) is 1.34. The lowest BCUT2D eigenvalue weighted by Crippen LogP contribution is -2.54. The van der Waals surface area contributed by atoms with Gasteiger partial charge in [-0.25, -0.2) is 4.79 Å². The smallest absolute Gasteiger partial charge is 0.331 e. The van der Waals surface area contributed by atoms with E-state index in [0.717, 1.165) is 18.9 Å². The average Bonchev–Trinajstić information content (AvgIpc) is 3.12. The summed E-state index contributed by atoms with van der Waals surface area (Å²) in [5.74, 6) is 0.192. The summed E-state index contributed by atoms with van der Waals surface area (Å²) in [6.07, 6.45) is 3.89. The molecule has 1 amide bonds. The van der Waals surface area contributed by atoms with Gasteiger partial charge in [-0.05, 0) is 38.6 Å². The van der Waals surface area contributed by atoms with Gasteiger partial charge in [-0.1, -0.05) is 13.3 Å². The maximum absolute atomic E-state index is 11.8. The highest BCUT2D eigenvalue weighted by Gasteiger charge is 2.34. The number of hydrogen-bond acceptors (Lipinski definition) is 4. The van der Waals surface area contributed by atoms with Gasteiger partial charge < -0.3 is 15.4 Å². The zero-order valence-corrected chi connectivity index (χ0v) is 11.5. The van der Waals surface area contributed by atoms with Crippen LogP contribution in [0.2, 0.25) is 0 Å². The molecule has 0 aromatic carbocycles. The average molecular weight is 256 g/mol. The van der Waals surface area contributed by atoms with Gasteiger partial charge in [-0.3, -0.25) is 4.79 Å². The van der Waals surface area contributed by atoms with Crippen molar-refractivity contribution in [3.05, 3.63) is 0 Å². The van der Waals surface area contributed by atoms with Crippen LogP contribution in [-0.4, -0.2) is 37.6 Å². The minimum absolute atomic E-state index is 0.156. The van der Waals surface area contributed by atoms with E-state index in [1.165, 1.54) is 20.0 Å². The third-order valence-corrected chi connectivity index (χ3v) is 3.22. The Morgan fingerprint density at radius 3 is 2.56 bits per heavy atom. The maximum Gasteiger partial charge on any atom is 0.331 e. The summed E-state index contributed by atoms with van der Waals surface area (Å²) in [5, 5.41) is 5.87. The molecule has 0 spiro atoms. The van der Waals surface area contributed by atoms with Crippen LogP contribution in [0.15, 0.2) is 0 Å². The molecular formula is C13H24N2O3. The molecule has 1 fully saturated rings. The van der Waals surface area contributed by atoms with E-state index in [1.54, 1.807) is 6.92 Å². The molecule has 1 rings (SSSR count). The Balaban J connectivity index is 2.37. The fourth-order valence-corrected chi connectivity index (χ4v) is 2.00. The molecule has 1 atom stereocenters. The van der Waals surface area contributed by atoms with E-state index in [1.807, 2.05) is 6.92 Å². The number of carbonyl (C=O) groups excluding carboxylic acids is 2. The first-order valence-electron chi connectivity index (χ1n) is 6.62. The normalized spacial score (nSPS) is 17.9. The van der Waals surface area contributed by atoms with Crippen molar-refractivity contribution >= 4 is 11.9 Å². The quantitative estimate of drug-likeness (QED) is 0.631. The Labute approximate surface area is 109 Å². The summed E-state index contributed by atoms with van der Waals surface area (Å²) in [6.45, 7) is 4.82. The highest BCUT2D eigenvalue weighted by atomic mass is 16.5. The number of methoxy groups -OCH3 is 1.